The lowest BCUT2D eigenvalue weighted by Crippen LogP contribution is -2.23. The molecule has 0 spiro atoms. The van der Waals surface area contributed by atoms with E-state index in [0.717, 1.165) is 42.5 Å². The Labute approximate surface area is 183 Å². The number of halogens is 1. The standard InChI is InChI=1S/C19H30N6S.HI/c1-5-15-8-10-16(11-9-15)22-18(20)21-12-6-7-17-23-24-19(26-4)25(17)13-14(2)3;/h8-11,14H,5-7,12-13H2,1-4H3,(H3,20,21,22);1H. The molecule has 6 nitrogen and oxygen atoms in total. The van der Waals surface area contributed by atoms with Crippen LogP contribution in [-0.4, -0.2) is 33.5 Å². The molecule has 2 rings (SSSR count). The van der Waals surface area contributed by atoms with Gasteiger partial charge in [0.1, 0.15) is 5.82 Å². The molecule has 1 aromatic carbocycles. The van der Waals surface area contributed by atoms with Crippen molar-refractivity contribution in [2.24, 2.45) is 16.6 Å². The maximum atomic E-state index is 5.98. The van der Waals surface area contributed by atoms with Gasteiger partial charge in [0.2, 0.25) is 0 Å². The zero-order valence-corrected chi connectivity index (χ0v) is 19.8. The maximum absolute atomic E-state index is 5.98. The molecular formula is C19H31IN6S. The van der Waals surface area contributed by atoms with Gasteiger partial charge in [0.05, 0.1) is 0 Å². The fourth-order valence-corrected chi connectivity index (χ4v) is 3.17. The summed E-state index contributed by atoms with van der Waals surface area (Å²) in [5.74, 6) is 2.04. The van der Waals surface area contributed by atoms with E-state index in [-0.39, 0.29) is 24.0 Å². The molecule has 0 atom stereocenters. The zero-order chi connectivity index (χ0) is 18.9. The number of nitrogens with one attached hydrogen (secondary N) is 1. The van der Waals surface area contributed by atoms with Crippen molar-refractivity contribution in [2.75, 3.05) is 18.1 Å². The average molecular weight is 502 g/mol. The second-order valence-electron chi connectivity index (χ2n) is 6.65. The van der Waals surface area contributed by atoms with Crippen LogP contribution in [0, 0.1) is 5.92 Å². The number of benzene rings is 1. The monoisotopic (exact) mass is 502 g/mol. The van der Waals surface area contributed by atoms with Crippen molar-refractivity contribution in [1.29, 1.82) is 0 Å². The molecule has 0 aliphatic heterocycles. The zero-order valence-electron chi connectivity index (χ0n) is 16.6. The lowest BCUT2D eigenvalue weighted by atomic mass is 10.1. The van der Waals surface area contributed by atoms with E-state index in [2.05, 4.69) is 58.0 Å². The lowest BCUT2D eigenvalue weighted by Gasteiger charge is -2.11. The number of anilines is 1. The van der Waals surface area contributed by atoms with E-state index < -0.39 is 0 Å². The van der Waals surface area contributed by atoms with Crippen LogP contribution in [0.3, 0.4) is 0 Å². The summed E-state index contributed by atoms with van der Waals surface area (Å²) in [5.41, 5.74) is 8.25. The van der Waals surface area contributed by atoms with Crippen molar-refractivity contribution < 1.29 is 0 Å². The molecule has 0 fully saturated rings. The largest absolute Gasteiger partial charge is 0.370 e. The highest BCUT2D eigenvalue weighted by Gasteiger charge is 2.12. The van der Waals surface area contributed by atoms with Gasteiger partial charge in [0, 0.05) is 25.2 Å². The van der Waals surface area contributed by atoms with Crippen molar-refractivity contribution in [1.82, 2.24) is 14.8 Å². The molecule has 0 amide bonds. The van der Waals surface area contributed by atoms with Gasteiger partial charge in [-0.15, -0.1) is 34.2 Å². The van der Waals surface area contributed by atoms with Crippen LogP contribution < -0.4 is 11.1 Å². The van der Waals surface area contributed by atoms with Crippen LogP contribution in [0.25, 0.3) is 0 Å². The Hall–Kier alpha value is -1.29. The van der Waals surface area contributed by atoms with E-state index in [1.165, 1.54) is 5.56 Å². The van der Waals surface area contributed by atoms with Crippen LogP contribution in [0.2, 0.25) is 0 Å². The highest BCUT2D eigenvalue weighted by Crippen LogP contribution is 2.16. The molecule has 0 saturated carbocycles. The first-order valence-electron chi connectivity index (χ1n) is 9.15. The van der Waals surface area contributed by atoms with Gasteiger partial charge in [-0.2, -0.15) is 0 Å². The van der Waals surface area contributed by atoms with Crippen molar-refractivity contribution in [3.63, 3.8) is 0 Å². The molecule has 27 heavy (non-hydrogen) atoms. The third kappa shape index (κ3) is 7.69. The van der Waals surface area contributed by atoms with Crippen LogP contribution in [0.5, 0.6) is 0 Å². The summed E-state index contributed by atoms with van der Waals surface area (Å²) in [7, 11) is 0. The topological polar surface area (TPSA) is 81.1 Å². The minimum absolute atomic E-state index is 0. The van der Waals surface area contributed by atoms with Crippen LogP contribution in [-0.2, 0) is 19.4 Å². The number of aliphatic imine (C=N–C) groups is 1. The van der Waals surface area contributed by atoms with Crippen LogP contribution in [0.1, 0.15) is 38.6 Å². The summed E-state index contributed by atoms with van der Waals surface area (Å²) in [6, 6.07) is 8.25. The van der Waals surface area contributed by atoms with E-state index >= 15 is 0 Å². The van der Waals surface area contributed by atoms with Crippen molar-refractivity contribution in [3.8, 4) is 0 Å². The highest BCUT2D eigenvalue weighted by molar-refractivity contribution is 14.0. The smallest absolute Gasteiger partial charge is 0.193 e. The number of guanidine groups is 1. The first-order valence-corrected chi connectivity index (χ1v) is 10.4. The molecule has 0 radical (unpaired) electrons. The Kier molecular flexibility index (Phi) is 10.8. The van der Waals surface area contributed by atoms with Gasteiger partial charge in [-0.05, 0) is 42.7 Å². The number of nitrogens with zero attached hydrogens (tertiary/aromatic N) is 4. The average Bonchev–Trinajstić information content (AvgIpc) is 3.00. The van der Waals surface area contributed by atoms with Gasteiger partial charge in [0.15, 0.2) is 11.1 Å². The Morgan fingerprint density at radius 1 is 1.26 bits per heavy atom. The number of aryl methyl sites for hydroxylation is 2. The van der Waals surface area contributed by atoms with Gasteiger partial charge in [-0.25, -0.2) is 0 Å². The summed E-state index contributed by atoms with van der Waals surface area (Å²) >= 11 is 1.64. The third-order valence-electron chi connectivity index (χ3n) is 4.00. The van der Waals surface area contributed by atoms with Crippen molar-refractivity contribution in [3.05, 3.63) is 35.7 Å². The quantitative estimate of drug-likeness (QED) is 0.177. The Balaban J connectivity index is 0.00000364. The van der Waals surface area contributed by atoms with Crippen molar-refractivity contribution >= 4 is 47.4 Å². The summed E-state index contributed by atoms with van der Waals surface area (Å²) in [6.07, 6.45) is 4.81. The Morgan fingerprint density at radius 3 is 2.56 bits per heavy atom. The van der Waals surface area contributed by atoms with Gasteiger partial charge in [-0.1, -0.05) is 44.7 Å². The number of thioether (sulfide) groups is 1. The molecule has 0 aliphatic carbocycles. The number of nitrogens with two attached hydrogens (primary N) is 1. The number of rotatable bonds is 9. The van der Waals surface area contributed by atoms with Crippen LogP contribution >= 0.6 is 35.7 Å². The van der Waals surface area contributed by atoms with Crippen LogP contribution in [0.15, 0.2) is 34.4 Å². The predicted molar refractivity (Wildman–Crippen MR) is 126 cm³/mol. The second kappa shape index (κ2) is 12.2. The predicted octanol–water partition coefficient (Wildman–Crippen LogP) is 4.20. The Bertz CT molecular complexity index is 711. The van der Waals surface area contributed by atoms with Gasteiger partial charge in [0.25, 0.3) is 0 Å². The van der Waals surface area contributed by atoms with Gasteiger partial charge in [-0.3, -0.25) is 4.99 Å². The van der Waals surface area contributed by atoms with Crippen LogP contribution in [0.4, 0.5) is 5.69 Å². The molecular weight excluding hydrogens is 471 g/mol. The van der Waals surface area contributed by atoms with Crippen molar-refractivity contribution in [2.45, 2.75) is 51.7 Å². The minimum atomic E-state index is 0. The summed E-state index contributed by atoms with van der Waals surface area (Å²) < 4.78 is 2.22. The number of hydrogen-bond acceptors (Lipinski definition) is 4. The first kappa shape index (κ1) is 23.7. The molecule has 2 aromatic rings. The minimum Gasteiger partial charge on any atom is -0.370 e. The molecule has 3 N–H and O–H groups in total. The van der Waals surface area contributed by atoms with Gasteiger partial charge >= 0.3 is 0 Å². The summed E-state index contributed by atoms with van der Waals surface area (Å²) in [5, 5.41) is 12.7. The first-order chi connectivity index (χ1) is 12.5. The number of hydrogen-bond donors (Lipinski definition) is 2. The molecule has 0 aliphatic rings. The van der Waals surface area contributed by atoms with E-state index in [9.17, 15) is 0 Å². The Morgan fingerprint density at radius 2 is 1.96 bits per heavy atom. The molecule has 1 heterocycles. The molecule has 0 bridgehead atoms. The maximum Gasteiger partial charge on any atom is 0.193 e. The lowest BCUT2D eigenvalue weighted by molar-refractivity contribution is 0.477. The van der Waals surface area contributed by atoms with Gasteiger partial charge < -0.3 is 15.6 Å². The molecule has 0 unspecified atom stereocenters. The third-order valence-corrected chi connectivity index (χ3v) is 4.67. The second-order valence-corrected chi connectivity index (χ2v) is 7.43. The van der Waals surface area contributed by atoms with E-state index in [0.29, 0.717) is 18.4 Å². The fourth-order valence-electron chi connectivity index (χ4n) is 2.65. The summed E-state index contributed by atoms with van der Waals surface area (Å²) in [4.78, 5) is 4.42. The van der Waals surface area contributed by atoms with E-state index in [4.69, 9.17) is 5.73 Å². The van der Waals surface area contributed by atoms with E-state index in [1.807, 2.05) is 18.4 Å². The van der Waals surface area contributed by atoms with E-state index in [1.54, 1.807) is 11.8 Å². The summed E-state index contributed by atoms with van der Waals surface area (Å²) in [6.45, 7) is 8.16. The molecule has 1 aromatic heterocycles. The highest BCUT2D eigenvalue weighted by atomic mass is 127. The fraction of sp³-hybridized carbons (Fsp3) is 0.526. The normalized spacial score (nSPS) is 11.5. The SMILES string of the molecule is CCc1ccc(NC(N)=NCCCc2nnc(SC)n2CC(C)C)cc1.I. The number of aromatic nitrogens is 3. The molecule has 0 saturated heterocycles. The molecule has 8 heteroatoms. The molecule has 150 valence electrons.